The van der Waals surface area contributed by atoms with Crippen molar-refractivity contribution in [1.29, 1.82) is 0 Å². The van der Waals surface area contributed by atoms with Gasteiger partial charge in [-0.1, -0.05) is 164 Å². The molecule has 7 aromatic carbocycles. The van der Waals surface area contributed by atoms with Gasteiger partial charge in [-0.25, -0.2) is 4.98 Å². The zero-order valence-electron chi connectivity index (χ0n) is 26.6. The molecule has 0 N–H and O–H groups in total. The van der Waals surface area contributed by atoms with Crippen molar-refractivity contribution >= 4 is 21.8 Å². The van der Waals surface area contributed by atoms with Crippen LogP contribution < -0.4 is 0 Å². The summed E-state index contributed by atoms with van der Waals surface area (Å²) in [5.41, 5.74) is 10.9. The van der Waals surface area contributed by atoms with E-state index in [1.165, 1.54) is 16.7 Å². The second kappa shape index (κ2) is 12.2. The van der Waals surface area contributed by atoms with E-state index in [1.807, 2.05) is 36.4 Å². The molecule has 0 spiro atoms. The number of nitrogens with zero attached hydrogens (tertiary/aromatic N) is 4. The molecular formula is C45H30N4. The van der Waals surface area contributed by atoms with Crippen LogP contribution in [-0.2, 0) is 0 Å². The van der Waals surface area contributed by atoms with E-state index in [0.717, 1.165) is 49.6 Å². The average molecular weight is 627 g/mol. The van der Waals surface area contributed by atoms with E-state index in [2.05, 4.69) is 150 Å². The van der Waals surface area contributed by atoms with Crippen LogP contribution in [0, 0.1) is 0 Å². The Balaban J connectivity index is 1.24. The molecular weight excluding hydrogens is 597 g/mol. The molecule has 0 saturated carbocycles. The van der Waals surface area contributed by atoms with E-state index in [-0.39, 0.29) is 0 Å². The van der Waals surface area contributed by atoms with Crippen LogP contribution in [0.5, 0.6) is 0 Å². The maximum Gasteiger partial charge on any atom is 0.238 e. The number of rotatable bonds is 6. The van der Waals surface area contributed by atoms with Crippen LogP contribution >= 0.6 is 0 Å². The summed E-state index contributed by atoms with van der Waals surface area (Å²) < 4.78 is 2.19. The average Bonchev–Trinajstić information content (AvgIpc) is 3.52. The lowest BCUT2D eigenvalue weighted by molar-refractivity contribution is 0.953. The Kier molecular flexibility index (Phi) is 7.10. The summed E-state index contributed by atoms with van der Waals surface area (Å²) in [4.78, 5) is 15.3. The minimum absolute atomic E-state index is 0.581. The summed E-state index contributed by atoms with van der Waals surface area (Å²) in [7, 11) is 0. The standard InChI is InChI=1S/C45H30N4/c1-4-13-31(14-5-1)33-23-25-35(26-24-33)44-46-43(34-17-8-3-9-18-34)47-45(48-44)49-41-22-11-10-21-39(41)40-28-27-38(30-42(40)49)37-20-12-19-36(29-37)32-15-6-2-7-16-32/h1-30H. The van der Waals surface area contributed by atoms with Gasteiger partial charge in [0.15, 0.2) is 11.6 Å². The highest BCUT2D eigenvalue weighted by molar-refractivity contribution is 6.10. The van der Waals surface area contributed by atoms with E-state index in [9.17, 15) is 0 Å². The topological polar surface area (TPSA) is 43.6 Å². The molecule has 2 aromatic heterocycles. The lowest BCUT2D eigenvalue weighted by atomic mass is 9.98. The fourth-order valence-electron chi connectivity index (χ4n) is 6.63. The number of hydrogen-bond acceptors (Lipinski definition) is 3. The van der Waals surface area contributed by atoms with Crippen molar-refractivity contribution in [3.63, 3.8) is 0 Å². The highest BCUT2D eigenvalue weighted by atomic mass is 15.2. The summed E-state index contributed by atoms with van der Waals surface area (Å²) in [5, 5.41) is 2.30. The molecule has 230 valence electrons. The van der Waals surface area contributed by atoms with E-state index in [1.54, 1.807) is 0 Å². The van der Waals surface area contributed by atoms with Gasteiger partial charge in [-0.3, -0.25) is 4.57 Å². The zero-order chi connectivity index (χ0) is 32.6. The lowest BCUT2D eigenvalue weighted by Crippen LogP contribution is -2.06. The van der Waals surface area contributed by atoms with E-state index in [4.69, 9.17) is 15.0 Å². The van der Waals surface area contributed by atoms with Gasteiger partial charge in [0, 0.05) is 21.9 Å². The van der Waals surface area contributed by atoms with Crippen molar-refractivity contribution < 1.29 is 0 Å². The molecule has 0 saturated heterocycles. The molecule has 49 heavy (non-hydrogen) atoms. The van der Waals surface area contributed by atoms with Crippen LogP contribution in [0.1, 0.15) is 0 Å². The minimum Gasteiger partial charge on any atom is -0.278 e. The van der Waals surface area contributed by atoms with Crippen LogP contribution in [0.2, 0.25) is 0 Å². The first-order valence-electron chi connectivity index (χ1n) is 16.5. The van der Waals surface area contributed by atoms with E-state index < -0.39 is 0 Å². The number of hydrogen-bond donors (Lipinski definition) is 0. The lowest BCUT2D eigenvalue weighted by Gasteiger charge is -2.12. The van der Waals surface area contributed by atoms with Gasteiger partial charge in [0.2, 0.25) is 5.95 Å². The van der Waals surface area contributed by atoms with Crippen LogP contribution in [0.15, 0.2) is 182 Å². The van der Waals surface area contributed by atoms with Crippen molar-refractivity contribution in [3.05, 3.63) is 182 Å². The maximum absolute atomic E-state index is 5.17. The fourth-order valence-corrected chi connectivity index (χ4v) is 6.63. The van der Waals surface area contributed by atoms with Gasteiger partial charge in [0.1, 0.15) is 0 Å². The molecule has 0 fully saturated rings. The summed E-state index contributed by atoms with van der Waals surface area (Å²) in [6, 6.07) is 63.4. The Morgan fingerprint density at radius 1 is 0.286 bits per heavy atom. The van der Waals surface area contributed by atoms with Gasteiger partial charge >= 0.3 is 0 Å². The van der Waals surface area contributed by atoms with Crippen LogP contribution in [0.3, 0.4) is 0 Å². The van der Waals surface area contributed by atoms with Crippen LogP contribution in [0.25, 0.3) is 83.9 Å². The number of para-hydroxylation sites is 1. The molecule has 4 nitrogen and oxygen atoms in total. The first kappa shape index (κ1) is 28.6. The van der Waals surface area contributed by atoms with Crippen LogP contribution in [-0.4, -0.2) is 19.5 Å². The highest BCUT2D eigenvalue weighted by Gasteiger charge is 2.18. The van der Waals surface area contributed by atoms with Crippen molar-refractivity contribution in [2.45, 2.75) is 0 Å². The second-order valence-corrected chi connectivity index (χ2v) is 12.1. The Morgan fingerprint density at radius 2 is 0.714 bits per heavy atom. The van der Waals surface area contributed by atoms with Gasteiger partial charge in [0.25, 0.3) is 0 Å². The van der Waals surface area contributed by atoms with Crippen molar-refractivity contribution in [2.75, 3.05) is 0 Å². The highest BCUT2D eigenvalue weighted by Crippen LogP contribution is 2.36. The third-order valence-corrected chi connectivity index (χ3v) is 9.08. The van der Waals surface area contributed by atoms with Crippen molar-refractivity contribution in [2.24, 2.45) is 0 Å². The summed E-state index contributed by atoms with van der Waals surface area (Å²) in [5.74, 6) is 1.84. The van der Waals surface area contributed by atoms with Crippen molar-refractivity contribution in [1.82, 2.24) is 19.5 Å². The van der Waals surface area contributed by atoms with E-state index in [0.29, 0.717) is 17.6 Å². The Labute approximate surface area is 284 Å². The molecule has 9 aromatic rings. The smallest absolute Gasteiger partial charge is 0.238 e. The summed E-state index contributed by atoms with van der Waals surface area (Å²) >= 11 is 0. The van der Waals surface area contributed by atoms with E-state index >= 15 is 0 Å². The molecule has 0 atom stereocenters. The first-order valence-corrected chi connectivity index (χ1v) is 16.5. The summed E-state index contributed by atoms with van der Waals surface area (Å²) in [6.07, 6.45) is 0. The van der Waals surface area contributed by atoms with Crippen LogP contribution in [0.4, 0.5) is 0 Å². The maximum atomic E-state index is 5.17. The Hall–Kier alpha value is -6.65. The molecule has 0 bridgehead atoms. The Bertz CT molecular complexity index is 2570. The molecule has 4 heteroatoms. The molecule has 0 radical (unpaired) electrons. The molecule has 0 amide bonds. The second-order valence-electron chi connectivity index (χ2n) is 12.1. The number of aromatic nitrogens is 4. The number of benzene rings is 7. The molecule has 0 aliphatic rings. The normalized spacial score (nSPS) is 11.3. The Morgan fingerprint density at radius 3 is 1.39 bits per heavy atom. The monoisotopic (exact) mass is 626 g/mol. The molecule has 0 aliphatic heterocycles. The quantitative estimate of drug-likeness (QED) is 0.184. The SMILES string of the molecule is c1ccc(-c2ccc(-c3nc(-c4ccccc4)nc(-n4c5ccccc5c5ccc(-c6cccc(-c7ccccc7)c6)cc54)n3)cc2)cc1. The minimum atomic E-state index is 0.581. The zero-order valence-corrected chi connectivity index (χ0v) is 26.6. The third-order valence-electron chi connectivity index (χ3n) is 9.08. The van der Waals surface area contributed by atoms with Gasteiger partial charge in [0.05, 0.1) is 11.0 Å². The summed E-state index contributed by atoms with van der Waals surface area (Å²) in [6.45, 7) is 0. The third kappa shape index (κ3) is 5.35. The van der Waals surface area contributed by atoms with Gasteiger partial charge < -0.3 is 0 Å². The number of fused-ring (bicyclic) bond motifs is 3. The fraction of sp³-hybridized carbons (Fsp3) is 0. The molecule has 0 aliphatic carbocycles. The van der Waals surface area contributed by atoms with Gasteiger partial charge in [-0.05, 0) is 51.6 Å². The predicted molar refractivity (Wildman–Crippen MR) is 201 cm³/mol. The first-order chi connectivity index (χ1) is 24.3. The molecule has 0 unspecified atom stereocenters. The molecule has 2 heterocycles. The van der Waals surface area contributed by atoms with Crippen molar-refractivity contribution in [3.8, 4) is 62.1 Å². The molecule has 9 rings (SSSR count). The van der Waals surface area contributed by atoms with Gasteiger partial charge in [-0.2, -0.15) is 9.97 Å². The van der Waals surface area contributed by atoms with Gasteiger partial charge in [-0.15, -0.1) is 0 Å². The predicted octanol–water partition coefficient (Wildman–Crippen LogP) is 11.3. The largest absolute Gasteiger partial charge is 0.278 e.